The normalized spacial score (nSPS) is 10.8. The number of hydrogen-bond acceptors (Lipinski definition) is 5. The monoisotopic (exact) mass is 279 g/mol. The van der Waals surface area contributed by atoms with Gasteiger partial charge in [0, 0.05) is 25.2 Å². The van der Waals surface area contributed by atoms with Crippen molar-refractivity contribution in [3.63, 3.8) is 0 Å². The van der Waals surface area contributed by atoms with Crippen LogP contribution >= 0.6 is 0 Å². The molecule has 0 saturated carbocycles. The van der Waals surface area contributed by atoms with Gasteiger partial charge in [-0.15, -0.1) is 0 Å². The van der Waals surface area contributed by atoms with E-state index in [4.69, 9.17) is 0 Å². The van der Waals surface area contributed by atoms with Gasteiger partial charge in [-0.1, -0.05) is 20.8 Å². The number of aromatic nitrogens is 2. The molecule has 20 heavy (non-hydrogen) atoms. The Labute approximate surface area is 123 Å². The number of nitrogens with zero attached hydrogens (tertiary/aromatic N) is 3. The number of rotatable bonds is 10. The fourth-order valence-corrected chi connectivity index (χ4v) is 2.13. The van der Waals surface area contributed by atoms with Crippen LogP contribution in [-0.2, 0) is 0 Å². The summed E-state index contributed by atoms with van der Waals surface area (Å²) in [5.41, 5.74) is 1.10. The summed E-state index contributed by atoms with van der Waals surface area (Å²) in [4.78, 5) is 11.1. The van der Waals surface area contributed by atoms with Gasteiger partial charge in [0.2, 0.25) is 0 Å². The molecule has 1 aromatic heterocycles. The highest BCUT2D eigenvalue weighted by molar-refractivity contribution is 5.56. The van der Waals surface area contributed by atoms with Gasteiger partial charge in [-0.05, 0) is 32.9 Å². The molecule has 0 bridgehead atoms. The summed E-state index contributed by atoms with van der Waals surface area (Å²) in [6.07, 6.45) is 3.91. The zero-order valence-corrected chi connectivity index (χ0v) is 13.4. The highest BCUT2D eigenvalue weighted by Crippen LogP contribution is 2.17. The molecule has 0 unspecified atom stereocenters. The van der Waals surface area contributed by atoms with Crippen molar-refractivity contribution >= 4 is 11.6 Å². The second-order valence-corrected chi connectivity index (χ2v) is 4.98. The van der Waals surface area contributed by atoms with E-state index in [2.05, 4.69) is 53.2 Å². The van der Waals surface area contributed by atoms with Crippen molar-refractivity contribution in [2.24, 2.45) is 0 Å². The van der Waals surface area contributed by atoms with Crippen molar-refractivity contribution in [3.8, 4) is 0 Å². The van der Waals surface area contributed by atoms with Crippen LogP contribution < -0.4 is 10.6 Å². The van der Waals surface area contributed by atoms with Crippen molar-refractivity contribution in [2.75, 3.05) is 43.4 Å². The van der Waals surface area contributed by atoms with E-state index < -0.39 is 0 Å². The van der Waals surface area contributed by atoms with E-state index in [0.29, 0.717) is 0 Å². The quantitative estimate of drug-likeness (QED) is 0.690. The molecule has 5 heteroatoms. The zero-order valence-electron chi connectivity index (χ0n) is 13.4. The molecular formula is C15H29N5. The summed E-state index contributed by atoms with van der Waals surface area (Å²) < 4.78 is 0. The number of anilines is 2. The van der Waals surface area contributed by atoms with E-state index in [9.17, 15) is 0 Å². The van der Waals surface area contributed by atoms with Gasteiger partial charge >= 0.3 is 0 Å². The first-order valence-electron chi connectivity index (χ1n) is 7.74. The fraction of sp³-hybridized carbons (Fsp3) is 0.733. The minimum Gasteiger partial charge on any atom is -0.370 e. The lowest BCUT2D eigenvalue weighted by Gasteiger charge is -2.20. The Morgan fingerprint density at radius 3 is 2.15 bits per heavy atom. The predicted octanol–water partition coefficient (Wildman–Crippen LogP) is 2.75. The molecule has 5 nitrogen and oxygen atoms in total. The molecular weight excluding hydrogens is 250 g/mol. The Balaban J connectivity index is 2.51. The highest BCUT2D eigenvalue weighted by Gasteiger charge is 2.06. The summed E-state index contributed by atoms with van der Waals surface area (Å²) >= 11 is 0. The van der Waals surface area contributed by atoms with Gasteiger partial charge in [-0.3, -0.25) is 0 Å². The first-order chi connectivity index (χ1) is 9.72. The summed E-state index contributed by atoms with van der Waals surface area (Å²) in [6.45, 7) is 13.8. The second kappa shape index (κ2) is 9.53. The van der Waals surface area contributed by atoms with Gasteiger partial charge in [-0.25, -0.2) is 9.97 Å². The van der Waals surface area contributed by atoms with Crippen molar-refractivity contribution in [3.05, 3.63) is 11.9 Å². The van der Waals surface area contributed by atoms with E-state index in [0.717, 1.165) is 56.3 Å². The Kier molecular flexibility index (Phi) is 7.95. The van der Waals surface area contributed by atoms with E-state index in [1.165, 1.54) is 6.42 Å². The smallest absolute Gasteiger partial charge is 0.134 e. The van der Waals surface area contributed by atoms with Crippen LogP contribution in [0, 0.1) is 6.92 Å². The van der Waals surface area contributed by atoms with Crippen molar-refractivity contribution in [2.45, 2.75) is 40.5 Å². The van der Waals surface area contributed by atoms with Crippen LogP contribution in [0.1, 0.15) is 39.2 Å². The maximum absolute atomic E-state index is 4.33. The predicted molar refractivity (Wildman–Crippen MR) is 86.4 cm³/mol. The molecule has 2 N–H and O–H groups in total. The van der Waals surface area contributed by atoms with Gasteiger partial charge in [0.15, 0.2) is 0 Å². The first-order valence-corrected chi connectivity index (χ1v) is 7.74. The fourth-order valence-electron chi connectivity index (χ4n) is 2.13. The maximum atomic E-state index is 4.33. The van der Waals surface area contributed by atoms with Gasteiger partial charge in [0.25, 0.3) is 0 Å². The third-order valence-corrected chi connectivity index (χ3v) is 3.33. The Morgan fingerprint density at radius 2 is 1.60 bits per heavy atom. The molecule has 0 aromatic carbocycles. The van der Waals surface area contributed by atoms with Crippen LogP contribution in [0.4, 0.5) is 11.6 Å². The molecule has 0 atom stereocenters. The minimum absolute atomic E-state index is 0.916. The molecule has 0 amide bonds. The average Bonchev–Trinajstić information content (AvgIpc) is 2.46. The number of nitrogens with one attached hydrogen (secondary N) is 2. The molecule has 0 aliphatic carbocycles. The third kappa shape index (κ3) is 5.33. The molecule has 0 aliphatic heterocycles. The standard InChI is InChI=1S/C15H29N5/c1-5-8-16-14-13(4)15(19-12-18-14)17-9-11-20(7-3)10-6-2/h12H,5-11H2,1-4H3,(H2,16,17,18,19). The molecule has 1 aromatic rings. The van der Waals surface area contributed by atoms with E-state index in [1.807, 2.05) is 0 Å². The van der Waals surface area contributed by atoms with E-state index in [-0.39, 0.29) is 0 Å². The molecule has 0 saturated heterocycles. The Bertz CT molecular complexity index is 381. The van der Waals surface area contributed by atoms with E-state index in [1.54, 1.807) is 6.33 Å². The van der Waals surface area contributed by atoms with Gasteiger partial charge < -0.3 is 15.5 Å². The molecule has 0 aliphatic rings. The summed E-state index contributed by atoms with van der Waals surface area (Å²) in [7, 11) is 0. The van der Waals surface area contributed by atoms with E-state index >= 15 is 0 Å². The molecule has 1 heterocycles. The Hall–Kier alpha value is -1.36. The van der Waals surface area contributed by atoms with Crippen molar-refractivity contribution in [1.29, 1.82) is 0 Å². The van der Waals surface area contributed by atoms with Crippen molar-refractivity contribution in [1.82, 2.24) is 14.9 Å². The molecule has 0 fully saturated rings. The summed E-state index contributed by atoms with van der Waals surface area (Å²) in [5, 5.41) is 6.75. The average molecular weight is 279 g/mol. The molecule has 114 valence electrons. The summed E-state index contributed by atoms with van der Waals surface area (Å²) in [5.74, 6) is 1.87. The maximum Gasteiger partial charge on any atom is 0.134 e. The van der Waals surface area contributed by atoms with Crippen LogP contribution in [0.15, 0.2) is 6.33 Å². The highest BCUT2D eigenvalue weighted by atomic mass is 15.1. The largest absolute Gasteiger partial charge is 0.370 e. The zero-order chi connectivity index (χ0) is 14.8. The minimum atomic E-state index is 0.916. The first kappa shape index (κ1) is 16.7. The van der Waals surface area contributed by atoms with Crippen LogP contribution in [0.3, 0.4) is 0 Å². The Morgan fingerprint density at radius 1 is 0.950 bits per heavy atom. The van der Waals surface area contributed by atoms with Gasteiger partial charge in [-0.2, -0.15) is 0 Å². The summed E-state index contributed by atoms with van der Waals surface area (Å²) in [6, 6.07) is 0. The molecule has 0 spiro atoms. The van der Waals surface area contributed by atoms with Crippen LogP contribution in [0.2, 0.25) is 0 Å². The van der Waals surface area contributed by atoms with Crippen LogP contribution in [0.5, 0.6) is 0 Å². The lowest BCUT2D eigenvalue weighted by Crippen LogP contribution is -2.30. The molecule has 0 radical (unpaired) electrons. The lowest BCUT2D eigenvalue weighted by molar-refractivity contribution is 0.300. The van der Waals surface area contributed by atoms with Gasteiger partial charge in [0.05, 0.1) is 0 Å². The lowest BCUT2D eigenvalue weighted by atomic mass is 10.3. The number of likely N-dealkylation sites (N-methyl/N-ethyl adjacent to an activating group) is 1. The SMILES string of the molecule is CCCNc1ncnc(NCCN(CC)CCC)c1C. The second-order valence-electron chi connectivity index (χ2n) is 4.98. The van der Waals surface area contributed by atoms with Crippen molar-refractivity contribution < 1.29 is 0 Å². The van der Waals surface area contributed by atoms with Gasteiger partial charge in [0.1, 0.15) is 18.0 Å². The molecule has 1 rings (SSSR count). The van der Waals surface area contributed by atoms with Crippen LogP contribution in [0.25, 0.3) is 0 Å². The topological polar surface area (TPSA) is 53.1 Å². The third-order valence-electron chi connectivity index (χ3n) is 3.33. The van der Waals surface area contributed by atoms with Crippen LogP contribution in [-0.4, -0.2) is 47.6 Å². The number of hydrogen-bond donors (Lipinski definition) is 2.